The Labute approximate surface area is 47.9 Å². The number of hydrogen-bond acceptors (Lipinski definition) is 1. The number of hydrogen-bond donors (Lipinski definition) is 0. The minimum atomic E-state index is 0. The summed E-state index contributed by atoms with van der Waals surface area (Å²) in [5, 5.41) is 0. The van der Waals surface area contributed by atoms with Crippen molar-refractivity contribution in [1.82, 2.24) is 0 Å². The van der Waals surface area contributed by atoms with E-state index in [1.54, 1.807) is 0 Å². The van der Waals surface area contributed by atoms with E-state index >= 15 is 0 Å². The van der Waals surface area contributed by atoms with Gasteiger partial charge in [-0.3, -0.25) is 0 Å². The fourth-order valence-corrected chi connectivity index (χ4v) is 0. The van der Waals surface area contributed by atoms with Gasteiger partial charge in [0.05, 0.1) is 23.7 Å². The molecular weight excluding hydrogens is 279 g/mol. The van der Waals surface area contributed by atoms with Crippen molar-refractivity contribution in [2.75, 3.05) is 0 Å². The Bertz CT molecular complexity index is 6.00. The molecule has 0 saturated heterocycles. The third kappa shape index (κ3) is 10.8. The summed E-state index contributed by atoms with van der Waals surface area (Å²) < 4.78 is 3.19. The van der Waals surface area contributed by atoms with Gasteiger partial charge < -0.3 is 0 Å². The molecule has 0 aliphatic carbocycles. The zero-order valence-electron chi connectivity index (χ0n) is 1.50. The van der Waals surface area contributed by atoms with E-state index in [1.807, 2.05) is 0 Å². The van der Waals surface area contributed by atoms with Gasteiger partial charge in [0.15, 0.2) is 0 Å². The quantitative estimate of drug-likeness (QED) is 0.649. The summed E-state index contributed by atoms with van der Waals surface area (Å²) in [5.41, 5.74) is 0. The Balaban J connectivity index is 0. The molecule has 0 fully saturated rings. The van der Waals surface area contributed by atoms with E-state index < -0.39 is 0 Å². The van der Waals surface area contributed by atoms with Gasteiger partial charge in [-0.15, -0.1) is 0 Å². The topological polar surface area (TPSA) is 9.23 Å². The summed E-state index contributed by atoms with van der Waals surface area (Å²) >= 11 is 8.53. The average molecular weight is 279 g/mol. The second kappa shape index (κ2) is 8.89. The average Bonchev–Trinajstić information content (AvgIpc) is 0.918. The van der Waals surface area contributed by atoms with Gasteiger partial charge in [0.1, 0.15) is 0 Å². The van der Waals surface area contributed by atoms with Crippen LogP contribution in [0.15, 0.2) is 0 Å². The maximum atomic E-state index is 4.26. The van der Waals surface area contributed by atoms with Crippen molar-refractivity contribution in [3.63, 3.8) is 0 Å². The molecule has 0 rings (SSSR count). The molecule has 4 heteroatoms. The van der Waals surface area contributed by atoms with Gasteiger partial charge in [-0.05, 0) is 0 Å². The van der Waals surface area contributed by atoms with Crippen molar-refractivity contribution in [1.29, 1.82) is 0 Å². The molecule has 0 spiro atoms. The van der Waals surface area contributed by atoms with E-state index in [1.165, 1.54) is 0 Å². The molecule has 0 aliphatic rings. The molecule has 0 saturated carbocycles. The SMILES string of the molecule is ClOCl.[Ir]. The Morgan fingerprint density at radius 3 is 1.25 bits per heavy atom. The third-order valence-electron chi connectivity index (χ3n) is 0. The molecule has 0 aromatic heterocycles. The monoisotopic (exact) mass is 279 g/mol. The predicted octanol–water partition coefficient (Wildman–Crippen LogP) is 1.31. The maximum Gasteiger partial charge on any atom is 0.0832 e. The van der Waals surface area contributed by atoms with E-state index in [0.717, 1.165) is 0 Å². The van der Waals surface area contributed by atoms with Gasteiger partial charge in [-0.25, -0.2) is 0 Å². The minimum absolute atomic E-state index is 0. The van der Waals surface area contributed by atoms with Crippen molar-refractivity contribution in [2.24, 2.45) is 0 Å². The maximum absolute atomic E-state index is 4.26. The molecule has 4 heavy (non-hydrogen) atoms. The van der Waals surface area contributed by atoms with Gasteiger partial charge in [0.25, 0.3) is 0 Å². The zero-order chi connectivity index (χ0) is 2.71. The molecule has 0 aromatic rings. The molecule has 0 aliphatic heterocycles. The van der Waals surface area contributed by atoms with Crippen molar-refractivity contribution >= 4 is 23.7 Å². The molecule has 0 N–H and O–H groups in total. The second-order valence-corrected chi connectivity index (χ2v) is 0.525. The first kappa shape index (κ1) is 8.95. The molecule has 0 atom stereocenters. The van der Waals surface area contributed by atoms with Crippen LogP contribution in [0.25, 0.3) is 0 Å². The van der Waals surface area contributed by atoms with Crippen LogP contribution in [0.5, 0.6) is 0 Å². The normalized spacial score (nSPS) is 4.50. The molecule has 0 unspecified atom stereocenters. The van der Waals surface area contributed by atoms with Crippen LogP contribution in [0, 0.1) is 0 Å². The largest absolute Gasteiger partial charge is 0.166 e. The van der Waals surface area contributed by atoms with Crippen LogP contribution in [0.2, 0.25) is 0 Å². The van der Waals surface area contributed by atoms with E-state index in [2.05, 4.69) is 27.6 Å². The Hall–Kier alpha value is 1.19. The fourth-order valence-electron chi connectivity index (χ4n) is 0. The van der Waals surface area contributed by atoms with Crippen LogP contribution in [0.4, 0.5) is 0 Å². The van der Waals surface area contributed by atoms with Crippen LogP contribution < -0.4 is 0 Å². The predicted molar refractivity (Wildman–Crippen MR) is 12.8 cm³/mol. The van der Waals surface area contributed by atoms with E-state index in [0.29, 0.717) is 0 Å². The smallest absolute Gasteiger partial charge is 0.0832 e. The Kier molecular flexibility index (Phi) is 19.9. The zero-order valence-corrected chi connectivity index (χ0v) is 5.40. The summed E-state index contributed by atoms with van der Waals surface area (Å²) in [4.78, 5) is 0. The van der Waals surface area contributed by atoms with Gasteiger partial charge in [0, 0.05) is 20.1 Å². The minimum Gasteiger partial charge on any atom is -0.166 e. The van der Waals surface area contributed by atoms with Gasteiger partial charge in [-0.1, -0.05) is 0 Å². The molecule has 1 nitrogen and oxygen atoms in total. The van der Waals surface area contributed by atoms with Crippen molar-refractivity contribution in [2.45, 2.75) is 0 Å². The van der Waals surface area contributed by atoms with Crippen LogP contribution in [-0.2, 0) is 23.9 Å². The van der Waals surface area contributed by atoms with Crippen LogP contribution in [-0.4, -0.2) is 0 Å². The number of rotatable bonds is 0. The standard InChI is InChI=1S/Cl2O.Ir/c1-3-2;. The first-order valence-corrected chi connectivity index (χ1v) is 0.926. The van der Waals surface area contributed by atoms with Crippen molar-refractivity contribution in [3.8, 4) is 0 Å². The fraction of sp³-hybridized carbons (Fsp3) is 0. The summed E-state index contributed by atoms with van der Waals surface area (Å²) in [5.74, 6) is 0. The van der Waals surface area contributed by atoms with E-state index in [-0.39, 0.29) is 20.1 Å². The molecule has 0 heterocycles. The van der Waals surface area contributed by atoms with Crippen LogP contribution in [0.1, 0.15) is 0 Å². The Morgan fingerprint density at radius 2 is 1.25 bits per heavy atom. The van der Waals surface area contributed by atoms with Crippen LogP contribution >= 0.6 is 23.7 Å². The van der Waals surface area contributed by atoms with Crippen LogP contribution in [0.3, 0.4) is 0 Å². The first-order chi connectivity index (χ1) is 1.41. The van der Waals surface area contributed by atoms with Gasteiger partial charge >= 0.3 is 0 Å². The third-order valence-corrected chi connectivity index (χ3v) is 0. The molecule has 29 valence electrons. The van der Waals surface area contributed by atoms with Gasteiger partial charge in [0.2, 0.25) is 0 Å². The summed E-state index contributed by atoms with van der Waals surface area (Å²) in [7, 11) is 0. The summed E-state index contributed by atoms with van der Waals surface area (Å²) in [6, 6.07) is 0. The van der Waals surface area contributed by atoms with Crippen molar-refractivity contribution in [3.05, 3.63) is 0 Å². The molecular formula is Cl2IrO. The summed E-state index contributed by atoms with van der Waals surface area (Å²) in [6.45, 7) is 0. The molecule has 0 amide bonds. The van der Waals surface area contributed by atoms with E-state index in [9.17, 15) is 0 Å². The first-order valence-electron chi connectivity index (χ1n) is 0.309. The second-order valence-electron chi connectivity index (χ2n) is 0.0583. The molecule has 0 bridgehead atoms. The summed E-state index contributed by atoms with van der Waals surface area (Å²) in [6.07, 6.45) is 0. The van der Waals surface area contributed by atoms with Crippen molar-refractivity contribution < 1.29 is 23.9 Å². The molecule has 0 aromatic carbocycles. The molecule has 1 radical (unpaired) electrons. The van der Waals surface area contributed by atoms with E-state index in [4.69, 9.17) is 0 Å². The Morgan fingerprint density at radius 1 is 1.25 bits per heavy atom. The number of halogens is 2. The van der Waals surface area contributed by atoms with Gasteiger partial charge in [-0.2, -0.15) is 3.84 Å².